The van der Waals surface area contributed by atoms with Crippen LogP contribution in [0.25, 0.3) is 0 Å². The molecule has 3 rings (SSSR count). The number of carbonyl (C=O) groups excluding carboxylic acids is 1. The minimum absolute atomic E-state index is 0.122. The van der Waals surface area contributed by atoms with E-state index in [0.29, 0.717) is 18.1 Å². The molecule has 0 saturated heterocycles. The lowest BCUT2D eigenvalue weighted by Crippen LogP contribution is -2.39. The lowest BCUT2D eigenvalue weighted by Gasteiger charge is -2.15. The van der Waals surface area contributed by atoms with E-state index in [9.17, 15) is 4.79 Å². The standard InChI is InChI=1S/C11H15N5O/c12-10-4-6-16(14-10)11(17)9-7-8-3-1-2-5-15(8)13-9/h4,7,14H,1-3,5-6,12H2. The number of nitrogens with two attached hydrogens (primary N) is 1. The van der Waals surface area contributed by atoms with E-state index in [1.54, 1.807) is 6.08 Å². The van der Waals surface area contributed by atoms with Gasteiger partial charge in [0, 0.05) is 12.2 Å². The minimum atomic E-state index is -0.122. The number of carbonyl (C=O) groups is 1. The first-order chi connectivity index (χ1) is 8.24. The number of rotatable bonds is 1. The topological polar surface area (TPSA) is 76.2 Å². The second-order valence-electron chi connectivity index (χ2n) is 4.39. The van der Waals surface area contributed by atoms with Gasteiger partial charge >= 0.3 is 0 Å². The van der Waals surface area contributed by atoms with Crippen LogP contribution in [-0.4, -0.2) is 27.2 Å². The van der Waals surface area contributed by atoms with E-state index in [2.05, 4.69) is 10.5 Å². The first kappa shape index (κ1) is 10.2. The highest BCUT2D eigenvalue weighted by Crippen LogP contribution is 2.16. The summed E-state index contributed by atoms with van der Waals surface area (Å²) in [6.45, 7) is 1.41. The van der Waals surface area contributed by atoms with Gasteiger partial charge in [0.05, 0.1) is 6.54 Å². The van der Waals surface area contributed by atoms with Crippen molar-refractivity contribution in [1.29, 1.82) is 0 Å². The molecule has 0 spiro atoms. The Morgan fingerprint density at radius 1 is 1.47 bits per heavy atom. The first-order valence-electron chi connectivity index (χ1n) is 5.85. The van der Waals surface area contributed by atoms with Crippen molar-refractivity contribution in [1.82, 2.24) is 20.2 Å². The Kier molecular flexibility index (Phi) is 2.28. The van der Waals surface area contributed by atoms with Crippen LogP contribution < -0.4 is 11.2 Å². The summed E-state index contributed by atoms with van der Waals surface area (Å²) in [5, 5.41) is 5.82. The number of hydrogen-bond donors (Lipinski definition) is 2. The van der Waals surface area contributed by atoms with Crippen molar-refractivity contribution in [2.24, 2.45) is 5.73 Å². The van der Waals surface area contributed by atoms with Crippen LogP contribution >= 0.6 is 0 Å². The molecule has 2 aliphatic rings. The molecule has 1 aromatic rings. The molecular formula is C11H15N5O. The summed E-state index contributed by atoms with van der Waals surface area (Å²) in [6.07, 6.45) is 5.09. The molecule has 17 heavy (non-hydrogen) atoms. The third-order valence-corrected chi connectivity index (χ3v) is 3.14. The minimum Gasteiger partial charge on any atom is -0.384 e. The normalized spacial score (nSPS) is 18.6. The van der Waals surface area contributed by atoms with Crippen molar-refractivity contribution in [3.05, 3.63) is 29.4 Å². The molecule has 6 heteroatoms. The van der Waals surface area contributed by atoms with Gasteiger partial charge in [-0.15, -0.1) is 0 Å². The number of aryl methyl sites for hydroxylation is 2. The lowest BCUT2D eigenvalue weighted by atomic mass is 10.1. The maximum atomic E-state index is 12.1. The van der Waals surface area contributed by atoms with Gasteiger partial charge in [0.25, 0.3) is 5.91 Å². The van der Waals surface area contributed by atoms with Crippen molar-refractivity contribution in [3.63, 3.8) is 0 Å². The molecule has 6 nitrogen and oxygen atoms in total. The summed E-state index contributed by atoms with van der Waals surface area (Å²) in [7, 11) is 0. The highest BCUT2D eigenvalue weighted by Gasteiger charge is 2.23. The second kappa shape index (κ2) is 3.80. The van der Waals surface area contributed by atoms with E-state index >= 15 is 0 Å². The number of amides is 1. The van der Waals surface area contributed by atoms with E-state index in [1.165, 1.54) is 11.4 Å². The molecular weight excluding hydrogens is 218 g/mol. The molecule has 0 atom stereocenters. The van der Waals surface area contributed by atoms with Crippen molar-refractivity contribution in [3.8, 4) is 0 Å². The summed E-state index contributed by atoms with van der Waals surface area (Å²) in [6, 6.07) is 1.89. The second-order valence-corrected chi connectivity index (χ2v) is 4.39. The van der Waals surface area contributed by atoms with Crippen LogP contribution in [0.3, 0.4) is 0 Å². The fourth-order valence-electron chi connectivity index (χ4n) is 2.23. The number of nitrogens with one attached hydrogen (secondary N) is 1. The van der Waals surface area contributed by atoms with Crippen molar-refractivity contribution >= 4 is 5.91 Å². The fraction of sp³-hybridized carbons (Fsp3) is 0.455. The molecule has 1 aromatic heterocycles. The number of hydrazine groups is 1. The predicted octanol–water partition coefficient (Wildman–Crippen LogP) is -0.0201. The monoisotopic (exact) mass is 233 g/mol. The van der Waals surface area contributed by atoms with Crippen LogP contribution in [0, 0.1) is 0 Å². The van der Waals surface area contributed by atoms with Crippen LogP contribution in [-0.2, 0) is 13.0 Å². The maximum Gasteiger partial charge on any atom is 0.293 e. The summed E-state index contributed by atoms with van der Waals surface area (Å²) >= 11 is 0. The van der Waals surface area contributed by atoms with Gasteiger partial charge < -0.3 is 5.73 Å². The van der Waals surface area contributed by atoms with Gasteiger partial charge in [-0.2, -0.15) is 5.10 Å². The molecule has 90 valence electrons. The van der Waals surface area contributed by atoms with Gasteiger partial charge in [0.15, 0.2) is 5.69 Å². The summed E-state index contributed by atoms with van der Waals surface area (Å²) in [5.74, 6) is 0.394. The molecule has 0 saturated carbocycles. The Morgan fingerprint density at radius 2 is 2.35 bits per heavy atom. The van der Waals surface area contributed by atoms with Gasteiger partial charge in [-0.3, -0.25) is 14.9 Å². The summed E-state index contributed by atoms with van der Waals surface area (Å²) < 4.78 is 1.93. The number of hydrogen-bond acceptors (Lipinski definition) is 4. The Balaban J connectivity index is 1.80. The molecule has 0 unspecified atom stereocenters. The van der Waals surface area contributed by atoms with Gasteiger partial charge in [-0.25, -0.2) is 5.01 Å². The van der Waals surface area contributed by atoms with E-state index in [0.717, 1.165) is 25.1 Å². The zero-order valence-electron chi connectivity index (χ0n) is 9.52. The first-order valence-corrected chi connectivity index (χ1v) is 5.85. The van der Waals surface area contributed by atoms with Crippen molar-refractivity contribution < 1.29 is 4.79 Å². The van der Waals surface area contributed by atoms with Crippen LogP contribution in [0.5, 0.6) is 0 Å². The highest BCUT2D eigenvalue weighted by molar-refractivity contribution is 5.92. The maximum absolute atomic E-state index is 12.1. The van der Waals surface area contributed by atoms with Gasteiger partial charge in [-0.05, 0) is 31.4 Å². The fourth-order valence-corrected chi connectivity index (χ4v) is 2.23. The Labute approximate surface area is 99.0 Å². The zero-order chi connectivity index (χ0) is 11.8. The molecule has 3 N–H and O–H groups in total. The lowest BCUT2D eigenvalue weighted by molar-refractivity contribution is 0.0723. The molecule has 2 aliphatic heterocycles. The van der Waals surface area contributed by atoms with Gasteiger partial charge in [-0.1, -0.05) is 0 Å². The van der Waals surface area contributed by atoms with Crippen LogP contribution in [0.4, 0.5) is 0 Å². The number of nitrogens with zero attached hydrogens (tertiary/aromatic N) is 3. The molecule has 0 aliphatic carbocycles. The molecule has 0 fully saturated rings. The average Bonchev–Trinajstić information content (AvgIpc) is 2.93. The van der Waals surface area contributed by atoms with Crippen molar-refractivity contribution in [2.75, 3.05) is 6.54 Å². The summed E-state index contributed by atoms with van der Waals surface area (Å²) in [5.41, 5.74) is 10.0. The van der Waals surface area contributed by atoms with Gasteiger partial charge in [0.2, 0.25) is 0 Å². The molecule has 1 amide bonds. The molecule has 3 heterocycles. The van der Waals surface area contributed by atoms with Crippen LogP contribution in [0.1, 0.15) is 29.0 Å². The van der Waals surface area contributed by atoms with E-state index in [4.69, 9.17) is 5.73 Å². The van der Waals surface area contributed by atoms with Crippen LogP contribution in [0.2, 0.25) is 0 Å². The molecule has 0 aromatic carbocycles. The summed E-state index contributed by atoms with van der Waals surface area (Å²) in [4.78, 5) is 12.1. The highest BCUT2D eigenvalue weighted by atomic mass is 16.2. The van der Waals surface area contributed by atoms with Gasteiger partial charge in [0.1, 0.15) is 5.82 Å². The molecule has 0 bridgehead atoms. The SMILES string of the molecule is NC1=CCN(C(=O)c2cc3n(n2)CCCC3)N1. The zero-order valence-corrected chi connectivity index (χ0v) is 9.52. The number of fused-ring (bicyclic) bond motifs is 1. The smallest absolute Gasteiger partial charge is 0.293 e. The predicted molar refractivity (Wildman–Crippen MR) is 61.6 cm³/mol. The Bertz CT molecular complexity index is 467. The Morgan fingerprint density at radius 3 is 3.06 bits per heavy atom. The third-order valence-electron chi connectivity index (χ3n) is 3.14. The molecule has 0 radical (unpaired) electrons. The van der Waals surface area contributed by atoms with E-state index in [-0.39, 0.29) is 5.91 Å². The van der Waals surface area contributed by atoms with Crippen LogP contribution in [0.15, 0.2) is 18.0 Å². The van der Waals surface area contributed by atoms with Crippen molar-refractivity contribution in [2.45, 2.75) is 25.8 Å². The Hall–Kier alpha value is -1.98. The third kappa shape index (κ3) is 1.75. The quantitative estimate of drug-likeness (QED) is 0.714. The average molecular weight is 233 g/mol. The largest absolute Gasteiger partial charge is 0.384 e. The van der Waals surface area contributed by atoms with E-state index < -0.39 is 0 Å². The number of aromatic nitrogens is 2. The van der Waals surface area contributed by atoms with E-state index in [1.807, 2.05) is 10.7 Å².